The highest BCUT2D eigenvalue weighted by Gasteiger charge is 2.31. The van der Waals surface area contributed by atoms with E-state index in [1.54, 1.807) is 0 Å². The van der Waals surface area contributed by atoms with Crippen LogP contribution in [-0.4, -0.2) is 30.4 Å². The van der Waals surface area contributed by atoms with E-state index in [1.165, 1.54) is 6.92 Å². The Morgan fingerprint density at radius 2 is 1.95 bits per heavy atom. The molecule has 196 valence electrons. The number of rotatable bonds is 6. The number of alkyl halides is 3. The van der Waals surface area contributed by atoms with Crippen molar-refractivity contribution in [1.82, 2.24) is 24.5 Å². The number of anilines is 3. The molecule has 0 bridgehead atoms. The zero-order valence-electron chi connectivity index (χ0n) is 34.4. The number of pyridine rings is 1. The van der Waals surface area contributed by atoms with E-state index in [0.717, 1.165) is 12.5 Å². The van der Waals surface area contributed by atoms with E-state index in [1.807, 2.05) is 5.32 Å². The summed E-state index contributed by atoms with van der Waals surface area (Å²) in [6.07, 6.45) is -6.18. The third-order valence-electron chi connectivity index (χ3n) is 4.82. The molecule has 3 heterocycles. The van der Waals surface area contributed by atoms with Crippen LogP contribution < -0.4 is 10.6 Å². The molecule has 11 heteroatoms. The van der Waals surface area contributed by atoms with Crippen LogP contribution in [0.3, 0.4) is 0 Å². The Bertz CT molecular complexity index is 2400. The second-order valence-electron chi connectivity index (χ2n) is 7.56. The van der Waals surface area contributed by atoms with Crippen LogP contribution in [0.25, 0.3) is 16.9 Å². The van der Waals surface area contributed by atoms with Crippen molar-refractivity contribution in [3.63, 3.8) is 0 Å². The van der Waals surface area contributed by atoms with Gasteiger partial charge in [0, 0.05) is 57.0 Å². The highest BCUT2D eigenvalue weighted by atomic mass is 19.4. The molecule has 0 radical (unpaired) electrons. The zero-order chi connectivity index (χ0) is 40.5. The molecular weight excluding hydrogens is 507 g/mol. The molecule has 5 rings (SSSR count). The summed E-state index contributed by atoms with van der Waals surface area (Å²) >= 11 is 0. The van der Waals surface area contributed by atoms with Gasteiger partial charge >= 0.3 is 6.18 Å². The minimum absolute atomic E-state index is 0.183. The molecule has 0 aliphatic heterocycles. The topological polar surface area (TPSA) is 97.6 Å². The first-order valence-electron chi connectivity index (χ1n) is 18.1. The lowest BCUT2D eigenvalue weighted by atomic mass is 10.1. The minimum atomic E-state index is -5.41. The van der Waals surface area contributed by atoms with E-state index < -0.39 is 143 Å². The molecule has 0 spiro atoms. The molecule has 8 nitrogen and oxygen atoms in total. The van der Waals surface area contributed by atoms with Crippen molar-refractivity contribution >= 4 is 23.2 Å². The molecule has 0 unspecified atom stereocenters. The fourth-order valence-corrected chi connectivity index (χ4v) is 3.04. The molecular formula is C28H22F3N7O. The lowest BCUT2D eigenvalue weighted by molar-refractivity contribution is -0.137. The maximum atomic E-state index is 14.2. The lowest BCUT2D eigenvalue weighted by Crippen LogP contribution is -2.14. The summed E-state index contributed by atoms with van der Waals surface area (Å²) in [5.41, 5.74) is -7.28. The maximum Gasteiger partial charge on any atom is 0.416 e. The summed E-state index contributed by atoms with van der Waals surface area (Å²) < 4.78 is 165. The van der Waals surface area contributed by atoms with Crippen LogP contribution >= 0.6 is 0 Å². The number of amides is 1. The van der Waals surface area contributed by atoms with Gasteiger partial charge in [0.2, 0.25) is 5.95 Å². The van der Waals surface area contributed by atoms with Crippen LogP contribution in [0, 0.1) is 13.8 Å². The SMILES string of the molecule is [2H]c1nc(Nc2c([2H])c(C(=O)Nc3c([2H])c(-n4cnc(C([2H])([2H])[2H])c4)c([2H])c(C(F)(F)F)c3[2H])c([2H])c([2H])c2C)nc(-c2c([2H])nc([2H])c([2H])c2[2H])c1[2H]. The molecule has 5 aromatic rings. The monoisotopic (exact) mass is 544 g/mol. The molecule has 0 fully saturated rings. The molecule has 0 aliphatic rings. The number of halogens is 3. The van der Waals surface area contributed by atoms with Gasteiger partial charge in [-0.1, -0.05) is 6.04 Å². The van der Waals surface area contributed by atoms with Crippen LogP contribution in [0.15, 0.2) is 85.4 Å². The predicted octanol–water partition coefficient (Wildman–Crippen LogP) is 6.36. The normalized spacial score (nSPS) is 17.1. The third-order valence-corrected chi connectivity index (χ3v) is 4.82. The van der Waals surface area contributed by atoms with Crippen molar-refractivity contribution in [1.29, 1.82) is 0 Å². The van der Waals surface area contributed by atoms with E-state index in [2.05, 4.69) is 25.3 Å². The van der Waals surface area contributed by atoms with Crippen molar-refractivity contribution in [2.75, 3.05) is 10.6 Å². The quantitative estimate of drug-likeness (QED) is 0.258. The first kappa shape index (κ1) is 13.1. The van der Waals surface area contributed by atoms with Gasteiger partial charge in [0.25, 0.3) is 5.91 Å². The van der Waals surface area contributed by atoms with Gasteiger partial charge in [-0.3, -0.25) is 9.78 Å². The zero-order valence-corrected chi connectivity index (χ0v) is 19.4. The van der Waals surface area contributed by atoms with Gasteiger partial charge in [0.05, 0.1) is 39.7 Å². The largest absolute Gasteiger partial charge is 0.416 e. The van der Waals surface area contributed by atoms with Gasteiger partial charge in [0.15, 0.2) is 0 Å². The van der Waals surface area contributed by atoms with Crippen molar-refractivity contribution in [2.24, 2.45) is 0 Å². The standard InChI is InChI=1S/C28H22F3N7O/c1-17-5-6-19(10-25(17)37-27-33-9-7-24(36-27)20-4-3-8-32-14-20)26(39)35-22-11-21(28(29,30)31)12-23(13-22)38-15-18(2)34-16-38/h3-16H,1-2H3,(H,35,39)(H,33,36,37)/i2D3,3D,4D,5D,6D,7D,8D,9D,10D,11D,12D,13D,14D. The van der Waals surface area contributed by atoms with Crippen molar-refractivity contribution in [3.05, 3.63) is 108 Å². The smallest absolute Gasteiger partial charge is 0.324 e. The van der Waals surface area contributed by atoms with Crippen LogP contribution in [0.5, 0.6) is 0 Å². The molecule has 2 N–H and O–H groups in total. The Balaban J connectivity index is 1.65. The second-order valence-corrected chi connectivity index (χ2v) is 7.56. The summed E-state index contributed by atoms with van der Waals surface area (Å²) in [5.74, 6) is -2.16. The van der Waals surface area contributed by atoms with Crippen LogP contribution in [0.4, 0.5) is 30.5 Å². The lowest BCUT2D eigenvalue weighted by Gasteiger charge is -2.14. The van der Waals surface area contributed by atoms with Gasteiger partial charge in [-0.15, -0.1) is 0 Å². The number of hydrogen-bond donors (Lipinski definition) is 2. The highest BCUT2D eigenvalue weighted by molar-refractivity contribution is 6.05. The second kappa shape index (κ2) is 10.4. The van der Waals surface area contributed by atoms with Crippen LogP contribution in [-0.2, 0) is 6.18 Å². The summed E-state index contributed by atoms with van der Waals surface area (Å²) in [7, 11) is 0. The number of aryl methyl sites for hydroxylation is 1. The van der Waals surface area contributed by atoms with Gasteiger partial charge in [-0.25, -0.2) is 15.0 Å². The number of carbonyl (C=O) groups excluding carboxylic acids is 1. The first-order valence-corrected chi connectivity index (χ1v) is 10.6. The fourth-order valence-electron chi connectivity index (χ4n) is 3.04. The average Bonchev–Trinajstić information content (AvgIpc) is 3.55. The molecule has 2 aromatic carbocycles. The Hall–Kier alpha value is -5.06. The Kier molecular flexibility index (Phi) is 3.49. The summed E-state index contributed by atoms with van der Waals surface area (Å²) in [4.78, 5) is 28.6. The Morgan fingerprint density at radius 3 is 2.74 bits per heavy atom. The highest BCUT2D eigenvalue weighted by Crippen LogP contribution is 2.33. The number of carbonyl (C=O) groups is 1. The van der Waals surface area contributed by atoms with Gasteiger partial charge in [0.1, 0.15) is 0 Å². The molecule has 0 atom stereocenters. The molecule has 0 saturated heterocycles. The fraction of sp³-hybridized carbons (Fsp3) is 0.107. The number of aromatic nitrogens is 5. The predicted molar refractivity (Wildman–Crippen MR) is 141 cm³/mol. The molecule has 0 saturated carbocycles. The number of nitrogens with zero attached hydrogens (tertiary/aromatic N) is 5. The number of imidazole rings is 1. The number of hydrogen-bond acceptors (Lipinski definition) is 6. The van der Waals surface area contributed by atoms with Crippen LogP contribution in [0.2, 0.25) is 0 Å². The van der Waals surface area contributed by atoms with Gasteiger partial charge in [-0.2, -0.15) is 13.2 Å². The third kappa shape index (κ3) is 5.93. The summed E-state index contributed by atoms with van der Waals surface area (Å²) in [5, 5.41) is 4.40. The van der Waals surface area contributed by atoms with Crippen molar-refractivity contribution in [2.45, 2.75) is 20.0 Å². The summed E-state index contributed by atoms with van der Waals surface area (Å²) in [6, 6.07) is -8.71. The van der Waals surface area contributed by atoms with E-state index >= 15 is 0 Å². The Morgan fingerprint density at radius 1 is 1.08 bits per heavy atom. The van der Waals surface area contributed by atoms with E-state index in [0.29, 0.717) is 4.57 Å². The summed E-state index contributed by atoms with van der Waals surface area (Å²) in [6.45, 7) is -1.60. The minimum Gasteiger partial charge on any atom is -0.324 e. The van der Waals surface area contributed by atoms with E-state index in [-0.39, 0.29) is 5.56 Å². The molecule has 3 aromatic heterocycles. The number of benzene rings is 2. The van der Waals surface area contributed by atoms with E-state index in [4.69, 9.17) is 20.6 Å². The Labute approximate surface area is 242 Å². The van der Waals surface area contributed by atoms with Crippen molar-refractivity contribution < 1.29 is 38.5 Å². The molecule has 1 amide bonds. The molecule has 39 heavy (non-hydrogen) atoms. The van der Waals surface area contributed by atoms with Gasteiger partial charge in [-0.05, 0) is 67.7 Å². The average molecular weight is 545 g/mol. The van der Waals surface area contributed by atoms with Crippen LogP contribution in [0.1, 0.15) is 47.7 Å². The van der Waals surface area contributed by atoms with Crippen molar-refractivity contribution in [3.8, 4) is 16.9 Å². The first-order chi connectivity index (χ1) is 24.9. The number of nitrogens with one attached hydrogen (secondary N) is 2. The maximum absolute atomic E-state index is 14.2. The van der Waals surface area contributed by atoms with Gasteiger partial charge < -0.3 is 15.2 Å². The van der Waals surface area contributed by atoms with E-state index in [9.17, 15) is 18.0 Å². The molecule has 0 aliphatic carbocycles.